The van der Waals surface area contributed by atoms with Crippen LogP contribution in [0.3, 0.4) is 0 Å². The average molecular weight is 394 g/mol. The third-order valence-corrected chi connectivity index (χ3v) is 3.08. The third-order valence-electron chi connectivity index (χ3n) is 3.08. The first-order valence-electron chi connectivity index (χ1n) is 6.42. The van der Waals surface area contributed by atoms with E-state index in [1.807, 2.05) is 0 Å². The first-order chi connectivity index (χ1) is 11.3. The zero-order valence-corrected chi connectivity index (χ0v) is 15.2. The largest absolute Gasteiger partial charge is 1.00 e. The van der Waals surface area contributed by atoms with Gasteiger partial charge >= 0.3 is 48.1 Å². The van der Waals surface area contributed by atoms with Crippen LogP contribution in [0.5, 0.6) is 11.5 Å². The van der Waals surface area contributed by atoms with Crippen LogP contribution < -0.4 is 39.0 Å². The maximum Gasteiger partial charge on any atom is 1.00 e. The molecule has 0 amide bonds. The zero-order valence-electron chi connectivity index (χ0n) is 14.2. The predicted octanol–water partition coefficient (Wildman–Crippen LogP) is 0.696. The van der Waals surface area contributed by atoms with Crippen molar-refractivity contribution in [2.45, 2.75) is 25.6 Å². The van der Waals surface area contributed by atoms with Gasteiger partial charge in [-0.15, -0.1) is 13.2 Å². The molecule has 12 heteroatoms. The van der Waals surface area contributed by atoms with Crippen molar-refractivity contribution in [1.29, 1.82) is 0 Å². The van der Waals surface area contributed by atoms with E-state index in [-0.39, 0.29) is 31.0 Å². The molecular weight excluding hydrogens is 385 g/mol. The predicted molar refractivity (Wildman–Crippen MR) is 70.3 cm³/mol. The van der Waals surface area contributed by atoms with Crippen LogP contribution in [-0.4, -0.2) is 35.5 Å². The topological polar surface area (TPSA) is 72.8 Å². The van der Waals surface area contributed by atoms with Gasteiger partial charge in [-0.3, -0.25) is 4.79 Å². The first kappa shape index (κ1) is 22.3. The van der Waals surface area contributed by atoms with Crippen LogP contribution in [0.2, 0.25) is 0 Å². The van der Waals surface area contributed by atoms with Gasteiger partial charge in [0, 0.05) is 5.56 Å². The third kappa shape index (κ3) is 4.92. The quantitative estimate of drug-likeness (QED) is 0.464. The number of ketones is 1. The maximum atomic E-state index is 13.0. The van der Waals surface area contributed by atoms with E-state index >= 15 is 0 Å². The molecule has 1 unspecified atom stereocenters. The summed E-state index contributed by atoms with van der Waals surface area (Å²) < 4.78 is 84.2. The summed E-state index contributed by atoms with van der Waals surface area (Å²) in [5.74, 6) is -4.43. The minimum atomic E-state index is -5.12. The van der Waals surface area contributed by atoms with Crippen molar-refractivity contribution in [1.82, 2.24) is 0 Å². The minimum Gasteiger partial charge on any atom is -1.00 e. The molecule has 0 radical (unpaired) electrons. The molecule has 1 aliphatic rings. The number of carbonyl (C=O) groups excluding carboxylic acids is 1. The molecule has 1 N–H and O–H groups in total. The maximum absolute atomic E-state index is 13.0. The Morgan fingerprint density at radius 1 is 1.19 bits per heavy atom. The molecule has 0 fully saturated rings. The van der Waals surface area contributed by atoms with Crippen LogP contribution in [0.25, 0.3) is 6.08 Å². The zero-order chi connectivity index (χ0) is 19.2. The number of carbonyl (C=O) groups is 2. The fourth-order valence-corrected chi connectivity index (χ4v) is 2.16. The summed E-state index contributed by atoms with van der Waals surface area (Å²) in [5.41, 5.74) is -2.30. The molecule has 0 bridgehead atoms. The van der Waals surface area contributed by atoms with Gasteiger partial charge in [-0.25, -0.2) is 4.79 Å². The number of aliphatic carboxylic acids is 1. The van der Waals surface area contributed by atoms with E-state index in [4.69, 9.17) is 5.11 Å². The Morgan fingerprint density at radius 2 is 1.77 bits per heavy atom. The van der Waals surface area contributed by atoms with E-state index < -0.39 is 58.6 Å². The summed E-state index contributed by atoms with van der Waals surface area (Å²) in [7, 11) is 0. The summed E-state index contributed by atoms with van der Waals surface area (Å²) in [4.78, 5) is 22.6. The first-order valence-corrected chi connectivity index (χ1v) is 6.42. The van der Waals surface area contributed by atoms with Crippen molar-refractivity contribution in [2.75, 3.05) is 0 Å². The molecular formula is C14H9F6NaO5. The van der Waals surface area contributed by atoms with Gasteiger partial charge in [0.05, 0.1) is 11.1 Å². The molecule has 5 nitrogen and oxygen atoms in total. The van der Waals surface area contributed by atoms with E-state index in [0.717, 1.165) is 6.92 Å². The summed E-state index contributed by atoms with van der Waals surface area (Å²) in [5, 5.41) is 8.91. The summed E-state index contributed by atoms with van der Waals surface area (Å²) >= 11 is 0. The number of ether oxygens (including phenoxy) is 2. The Labute approximate surface area is 165 Å². The summed E-state index contributed by atoms with van der Waals surface area (Å²) in [6.07, 6.45) is -12.6. The molecule has 2 rings (SSSR count). The monoisotopic (exact) mass is 394 g/mol. The Morgan fingerprint density at radius 3 is 2.19 bits per heavy atom. The molecule has 1 atom stereocenters. The van der Waals surface area contributed by atoms with E-state index in [9.17, 15) is 35.9 Å². The Bertz CT molecular complexity index is 774. The number of Topliss-reactive ketones (excluding diaryl/α,β-unsaturated/α-hetero) is 1. The second-order valence-corrected chi connectivity index (χ2v) is 4.94. The van der Waals surface area contributed by atoms with Crippen molar-refractivity contribution in [3.63, 3.8) is 0 Å². The second-order valence-electron chi connectivity index (χ2n) is 4.94. The van der Waals surface area contributed by atoms with Crippen LogP contribution in [0.15, 0.2) is 17.7 Å². The van der Waals surface area contributed by atoms with Crippen molar-refractivity contribution >= 4 is 17.8 Å². The molecule has 0 spiro atoms. The van der Waals surface area contributed by atoms with Crippen molar-refractivity contribution < 1.29 is 81.5 Å². The van der Waals surface area contributed by atoms with Crippen LogP contribution in [0.4, 0.5) is 26.3 Å². The van der Waals surface area contributed by atoms with Gasteiger partial charge in [-0.1, -0.05) is 0 Å². The van der Waals surface area contributed by atoms with Crippen LogP contribution in [0, 0.1) is 0 Å². The Balaban J connectivity index is 0.00000338. The molecule has 0 saturated carbocycles. The number of fused-ring (bicyclic) bond motifs is 1. The molecule has 26 heavy (non-hydrogen) atoms. The number of hydrogen-bond acceptors (Lipinski definition) is 4. The van der Waals surface area contributed by atoms with Gasteiger partial charge in [-0.05, 0) is 25.1 Å². The number of carboxylic acid groups (broad SMARTS) is 1. The standard InChI is InChI=1S/C14H8F6O5.Na.H/c1-5(21)8-4-7(25-14(18,19)20)2-6-3-9(12(22)23)11(13(15,16)17)24-10(6)8;;/h2-4,11H,1H3,(H,22,23);;/q;+1;-1. The molecule has 1 aromatic carbocycles. The van der Waals surface area contributed by atoms with Gasteiger partial charge in [0.25, 0.3) is 0 Å². The Hall–Kier alpha value is -1.72. The van der Waals surface area contributed by atoms with E-state index in [1.54, 1.807) is 0 Å². The summed E-state index contributed by atoms with van der Waals surface area (Å²) in [6.45, 7) is 0.898. The molecule has 0 saturated heterocycles. The Kier molecular flexibility index (Phi) is 6.43. The number of alkyl halides is 6. The van der Waals surface area contributed by atoms with E-state index in [2.05, 4.69) is 9.47 Å². The van der Waals surface area contributed by atoms with Gasteiger partial charge in [0.1, 0.15) is 11.5 Å². The average Bonchev–Trinajstić information content (AvgIpc) is 2.41. The second kappa shape index (κ2) is 7.49. The molecule has 1 aliphatic heterocycles. The SMILES string of the molecule is CC(=O)c1cc(OC(F)(F)F)cc2c1OC(C(F)(F)F)C(C(=O)O)=C2.[H-].[Na+]. The number of halogens is 6. The normalized spacial score (nSPS) is 16.6. The van der Waals surface area contributed by atoms with Gasteiger partial charge in [0.15, 0.2) is 5.78 Å². The smallest absolute Gasteiger partial charge is 1.00 e. The fourth-order valence-electron chi connectivity index (χ4n) is 2.16. The molecule has 0 aliphatic carbocycles. The van der Waals surface area contributed by atoms with Gasteiger partial charge < -0.3 is 16.0 Å². The van der Waals surface area contributed by atoms with Crippen molar-refractivity contribution in [3.8, 4) is 11.5 Å². The number of rotatable bonds is 3. The molecule has 0 aromatic heterocycles. The van der Waals surface area contributed by atoms with Crippen LogP contribution >= 0.6 is 0 Å². The van der Waals surface area contributed by atoms with Gasteiger partial charge in [0.2, 0.25) is 6.10 Å². The number of carboxylic acids is 1. The summed E-state index contributed by atoms with van der Waals surface area (Å²) in [6, 6.07) is 1.20. The van der Waals surface area contributed by atoms with Crippen LogP contribution in [-0.2, 0) is 4.79 Å². The van der Waals surface area contributed by atoms with Crippen molar-refractivity contribution in [3.05, 3.63) is 28.8 Å². The number of hydrogen-bond donors (Lipinski definition) is 1. The molecule has 138 valence electrons. The van der Waals surface area contributed by atoms with Crippen LogP contribution in [0.1, 0.15) is 24.3 Å². The van der Waals surface area contributed by atoms with Crippen molar-refractivity contribution in [2.24, 2.45) is 0 Å². The molecule has 1 aromatic rings. The van der Waals surface area contributed by atoms with E-state index in [0.29, 0.717) is 18.2 Å². The van der Waals surface area contributed by atoms with E-state index in [1.165, 1.54) is 0 Å². The molecule has 1 heterocycles. The number of benzene rings is 1. The van der Waals surface area contributed by atoms with Gasteiger partial charge in [-0.2, -0.15) is 13.2 Å². The fraction of sp³-hybridized carbons (Fsp3) is 0.286. The minimum absolute atomic E-state index is 0.